The van der Waals surface area contributed by atoms with Crippen LogP contribution in [0.15, 0.2) is 18.2 Å². The summed E-state index contributed by atoms with van der Waals surface area (Å²) in [7, 11) is -3.35. The van der Waals surface area contributed by atoms with Gasteiger partial charge in [-0.3, -0.25) is 9.59 Å². The molecule has 0 aromatic heterocycles. The molecule has 24 heavy (non-hydrogen) atoms. The number of carboxylic acids is 1. The van der Waals surface area contributed by atoms with Gasteiger partial charge < -0.3 is 10.4 Å². The molecule has 0 bridgehead atoms. The minimum absolute atomic E-state index is 0.0408. The van der Waals surface area contributed by atoms with Gasteiger partial charge in [-0.25, -0.2) is 12.8 Å². The van der Waals surface area contributed by atoms with E-state index in [0.717, 1.165) is 12.3 Å². The van der Waals surface area contributed by atoms with Crippen LogP contribution in [0.5, 0.6) is 0 Å². The zero-order chi connectivity index (χ0) is 17.9. The first kappa shape index (κ1) is 18.4. The Labute approximate surface area is 140 Å². The van der Waals surface area contributed by atoms with Crippen molar-refractivity contribution in [2.75, 3.05) is 11.6 Å². The highest BCUT2D eigenvalue weighted by molar-refractivity contribution is 7.89. The first-order valence-corrected chi connectivity index (χ1v) is 9.71. The van der Waals surface area contributed by atoms with E-state index in [-0.39, 0.29) is 23.6 Å². The lowest BCUT2D eigenvalue weighted by atomic mass is 9.81. The number of carbonyl (C=O) groups excluding carboxylic acids is 1. The van der Waals surface area contributed by atoms with E-state index in [0.29, 0.717) is 19.3 Å². The number of halogens is 1. The molecule has 1 aromatic carbocycles. The second-order valence-corrected chi connectivity index (χ2v) is 8.40. The highest BCUT2D eigenvalue weighted by atomic mass is 32.2. The quantitative estimate of drug-likeness (QED) is 0.841. The Morgan fingerprint density at radius 1 is 1.29 bits per heavy atom. The highest BCUT2D eigenvalue weighted by Crippen LogP contribution is 2.30. The summed E-state index contributed by atoms with van der Waals surface area (Å²) in [6, 6.07) is 3.85. The standard InChI is InChI=1S/C16H20FNO5S/c1-24(22,23)9-12-5-6-13(8-14(12)17)18-15(19)10-3-2-4-11(7-10)16(20)21/h5-6,8,10-11H,2-4,7,9H2,1H3,(H,18,19)(H,20,21). The van der Waals surface area contributed by atoms with Crippen molar-refractivity contribution < 1.29 is 27.5 Å². The van der Waals surface area contributed by atoms with Crippen molar-refractivity contribution in [3.63, 3.8) is 0 Å². The number of rotatable bonds is 5. The van der Waals surface area contributed by atoms with E-state index in [2.05, 4.69) is 5.32 Å². The monoisotopic (exact) mass is 357 g/mol. The minimum Gasteiger partial charge on any atom is -0.481 e. The van der Waals surface area contributed by atoms with E-state index >= 15 is 0 Å². The van der Waals surface area contributed by atoms with Crippen molar-refractivity contribution >= 4 is 27.4 Å². The summed E-state index contributed by atoms with van der Waals surface area (Å²) in [5.41, 5.74) is 0.270. The molecule has 1 amide bonds. The largest absolute Gasteiger partial charge is 0.481 e. The predicted molar refractivity (Wildman–Crippen MR) is 86.7 cm³/mol. The molecule has 2 rings (SSSR count). The van der Waals surface area contributed by atoms with Gasteiger partial charge >= 0.3 is 5.97 Å². The SMILES string of the molecule is CS(=O)(=O)Cc1ccc(NC(=O)C2CCCC(C(=O)O)C2)cc1F. The third-order valence-corrected chi connectivity index (χ3v) is 4.97. The molecule has 2 unspecified atom stereocenters. The average Bonchev–Trinajstić information content (AvgIpc) is 2.49. The summed E-state index contributed by atoms with van der Waals surface area (Å²) in [5, 5.41) is 11.6. The van der Waals surface area contributed by atoms with Crippen molar-refractivity contribution in [3.8, 4) is 0 Å². The van der Waals surface area contributed by atoms with Gasteiger partial charge in [-0.05, 0) is 31.4 Å². The van der Waals surface area contributed by atoms with Crippen molar-refractivity contribution in [3.05, 3.63) is 29.6 Å². The van der Waals surface area contributed by atoms with Gasteiger partial charge in [-0.1, -0.05) is 12.5 Å². The fraction of sp³-hybridized carbons (Fsp3) is 0.500. The molecule has 1 fully saturated rings. The van der Waals surface area contributed by atoms with Gasteiger partial charge in [-0.15, -0.1) is 0 Å². The molecule has 0 spiro atoms. The summed E-state index contributed by atoms with van der Waals surface area (Å²) in [5.74, 6) is -3.29. The van der Waals surface area contributed by atoms with Crippen molar-refractivity contribution in [2.45, 2.75) is 31.4 Å². The summed E-state index contributed by atoms with van der Waals surface area (Å²) in [6.07, 6.45) is 3.12. The Kier molecular flexibility index (Phi) is 5.58. The molecule has 1 aromatic rings. The Morgan fingerprint density at radius 3 is 2.54 bits per heavy atom. The lowest BCUT2D eigenvalue weighted by Crippen LogP contribution is -2.30. The summed E-state index contributed by atoms with van der Waals surface area (Å²) in [4.78, 5) is 23.3. The van der Waals surface area contributed by atoms with Gasteiger partial charge in [0.25, 0.3) is 0 Å². The van der Waals surface area contributed by atoms with E-state index in [4.69, 9.17) is 5.11 Å². The lowest BCUT2D eigenvalue weighted by molar-refractivity contribution is -0.143. The van der Waals surface area contributed by atoms with E-state index < -0.39 is 39.2 Å². The molecule has 2 atom stereocenters. The molecule has 8 heteroatoms. The predicted octanol–water partition coefficient (Wildman–Crippen LogP) is 2.20. The minimum atomic E-state index is -3.35. The topological polar surface area (TPSA) is 101 Å². The molecule has 0 aliphatic heterocycles. The number of hydrogen-bond acceptors (Lipinski definition) is 4. The number of amides is 1. The van der Waals surface area contributed by atoms with Crippen LogP contribution in [-0.4, -0.2) is 31.7 Å². The van der Waals surface area contributed by atoms with Crippen LogP contribution in [-0.2, 0) is 25.2 Å². The van der Waals surface area contributed by atoms with Crippen LogP contribution in [0.1, 0.15) is 31.2 Å². The highest BCUT2D eigenvalue weighted by Gasteiger charge is 2.31. The van der Waals surface area contributed by atoms with Gasteiger partial charge in [0.2, 0.25) is 5.91 Å². The normalized spacial score (nSPS) is 21.2. The maximum Gasteiger partial charge on any atom is 0.306 e. The molecule has 1 saturated carbocycles. The Hall–Kier alpha value is -1.96. The van der Waals surface area contributed by atoms with Crippen molar-refractivity contribution in [1.82, 2.24) is 0 Å². The van der Waals surface area contributed by atoms with E-state index in [9.17, 15) is 22.4 Å². The van der Waals surface area contributed by atoms with Crippen LogP contribution < -0.4 is 5.32 Å². The van der Waals surface area contributed by atoms with Crippen molar-refractivity contribution in [2.24, 2.45) is 11.8 Å². The second kappa shape index (κ2) is 7.29. The Morgan fingerprint density at radius 2 is 1.96 bits per heavy atom. The summed E-state index contributed by atoms with van der Waals surface area (Å²) >= 11 is 0. The third kappa shape index (κ3) is 5.02. The first-order valence-electron chi connectivity index (χ1n) is 7.65. The summed E-state index contributed by atoms with van der Waals surface area (Å²) in [6.45, 7) is 0. The molecule has 1 aliphatic rings. The number of carbonyl (C=O) groups is 2. The fourth-order valence-corrected chi connectivity index (χ4v) is 3.72. The first-order chi connectivity index (χ1) is 11.2. The number of benzene rings is 1. The third-order valence-electron chi connectivity index (χ3n) is 4.13. The molecule has 0 radical (unpaired) electrons. The number of carboxylic acid groups (broad SMARTS) is 1. The van der Waals surface area contributed by atoms with Gasteiger partial charge in [0.05, 0.1) is 11.7 Å². The van der Waals surface area contributed by atoms with Crippen LogP contribution in [0.4, 0.5) is 10.1 Å². The Bertz CT molecular complexity index is 747. The number of sulfone groups is 1. The maximum absolute atomic E-state index is 13.9. The smallest absolute Gasteiger partial charge is 0.306 e. The number of aliphatic carboxylic acids is 1. The second-order valence-electron chi connectivity index (χ2n) is 6.26. The van der Waals surface area contributed by atoms with E-state index in [1.54, 1.807) is 0 Å². The van der Waals surface area contributed by atoms with Crippen molar-refractivity contribution in [1.29, 1.82) is 0 Å². The van der Waals surface area contributed by atoms with Gasteiger partial charge in [0, 0.05) is 23.4 Å². The van der Waals surface area contributed by atoms with Crippen LogP contribution in [0.3, 0.4) is 0 Å². The molecule has 6 nitrogen and oxygen atoms in total. The van der Waals surface area contributed by atoms with Gasteiger partial charge in [0.1, 0.15) is 5.82 Å². The Balaban J connectivity index is 2.04. The average molecular weight is 357 g/mol. The molecule has 0 saturated heterocycles. The molecular weight excluding hydrogens is 337 g/mol. The molecular formula is C16H20FNO5S. The zero-order valence-corrected chi connectivity index (χ0v) is 14.1. The van der Waals surface area contributed by atoms with Gasteiger partial charge in [0.15, 0.2) is 9.84 Å². The van der Waals surface area contributed by atoms with Crippen LogP contribution >= 0.6 is 0 Å². The zero-order valence-electron chi connectivity index (χ0n) is 13.3. The van der Waals surface area contributed by atoms with Gasteiger partial charge in [-0.2, -0.15) is 0 Å². The maximum atomic E-state index is 13.9. The fourth-order valence-electron chi connectivity index (χ4n) is 2.92. The molecule has 132 valence electrons. The van der Waals surface area contributed by atoms with E-state index in [1.807, 2.05) is 0 Å². The molecule has 1 aliphatic carbocycles. The molecule has 0 heterocycles. The molecule has 2 N–H and O–H groups in total. The van der Waals surface area contributed by atoms with Crippen LogP contribution in [0, 0.1) is 17.7 Å². The summed E-state index contributed by atoms with van der Waals surface area (Å²) < 4.78 is 36.4. The number of nitrogens with one attached hydrogen (secondary N) is 1. The van der Waals surface area contributed by atoms with Crippen LogP contribution in [0.25, 0.3) is 0 Å². The number of hydrogen-bond donors (Lipinski definition) is 2. The van der Waals surface area contributed by atoms with E-state index in [1.165, 1.54) is 12.1 Å². The number of anilines is 1. The van der Waals surface area contributed by atoms with Crippen LogP contribution in [0.2, 0.25) is 0 Å². The lowest BCUT2D eigenvalue weighted by Gasteiger charge is -2.25.